The molecule has 0 unspecified atom stereocenters. The first kappa shape index (κ1) is 13.8. The van der Waals surface area contributed by atoms with E-state index in [1.165, 1.54) is 11.8 Å². The van der Waals surface area contributed by atoms with Crippen LogP contribution in [0.15, 0.2) is 4.42 Å². The van der Waals surface area contributed by atoms with Gasteiger partial charge in [0.1, 0.15) is 0 Å². The molecule has 92 valence electrons. The van der Waals surface area contributed by atoms with Gasteiger partial charge in [-0.3, -0.25) is 0 Å². The van der Waals surface area contributed by atoms with Crippen molar-refractivity contribution in [3.05, 3.63) is 11.8 Å². The second-order valence-electron chi connectivity index (χ2n) is 5.55. The minimum atomic E-state index is -0.896. The van der Waals surface area contributed by atoms with Crippen LogP contribution in [0, 0.1) is 0 Å². The van der Waals surface area contributed by atoms with Crippen LogP contribution < -0.4 is 0 Å². The summed E-state index contributed by atoms with van der Waals surface area (Å²) in [7, 11) is -0.896. The van der Waals surface area contributed by atoms with Gasteiger partial charge in [-0.1, -0.05) is 33.5 Å². The normalized spacial score (nSPS) is 12.4. The zero-order chi connectivity index (χ0) is 12.2. The Morgan fingerprint density at radius 1 is 1.25 bits per heavy atom. The van der Waals surface area contributed by atoms with Gasteiger partial charge in [-0.2, -0.15) is 11.8 Å². The molecule has 1 rings (SSSR count). The summed E-state index contributed by atoms with van der Waals surface area (Å²) in [6, 6.07) is 1.35. The van der Waals surface area contributed by atoms with Gasteiger partial charge in [0.15, 0.2) is 0 Å². The molecular weight excluding hydrogens is 236 g/mol. The zero-order valence-electron chi connectivity index (χ0n) is 10.9. The summed E-state index contributed by atoms with van der Waals surface area (Å²) in [4.78, 5) is 0. The second kappa shape index (κ2) is 5.86. The predicted octanol–water partition coefficient (Wildman–Crippen LogP) is 3.76. The summed E-state index contributed by atoms with van der Waals surface area (Å²) in [6.45, 7) is 11.3. The number of nitrogens with zero attached hydrogens (tertiary/aromatic N) is 2. The van der Waals surface area contributed by atoms with Gasteiger partial charge in [-0.15, -0.1) is 10.2 Å². The maximum atomic E-state index is 5.55. The third-order valence-electron chi connectivity index (χ3n) is 2.20. The second-order valence-corrected chi connectivity index (χ2v) is 12.3. The van der Waals surface area contributed by atoms with Gasteiger partial charge >= 0.3 is 0 Å². The van der Waals surface area contributed by atoms with Crippen molar-refractivity contribution < 1.29 is 4.42 Å². The monoisotopic (exact) mass is 258 g/mol. The molecule has 1 aromatic heterocycles. The molecule has 0 saturated carbocycles. The van der Waals surface area contributed by atoms with Gasteiger partial charge in [-0.25, -0.2) is 0 Å². The molecule has 0 aromatic carbocycles. The van der Waals surface area contributed by atoms with Crippen molar-refractivity contribution >= 4 is 19.8 Å². The lowest BCUT2D eigenvalue weighted by Gasteiger charge is -2.14. The molecule has 0 aliphatic carbocycles. The van der Waals surface area contributed by atoms with Crippen LogP contribution in [0.1, 0.15) is 31.5 Å². The number of hydrogen-bond acceptors (Lipinski definition) is 4. The summed E-state index contributed by atoms with van der Waals surface area (Å²) >= 11 is 1.90. The van der Waals surface area contributed by atoms with Gasteiger partial charge in [0.2, 0.25) is 11.8 Å². The molecule has 0 radical (unpaired) electrons. The van der Waals surface area contributed by atoms with Crippen molar-refractivity contribution in [2.75, 3.05) is 5.75 Å². The molecule has 3 nitrogen and oxygen atoms in total. The highest BCUT2D eigenvalue weighted by molar-refractivity contribution is 7.98. The van der Waals surface area contributed by atoms with E-state index >= 15 is 0 Å². The number of rotatable bonds is 6. The molecule has 0 saturated heterocycles. The van der Waals surface area contributed by atoms with E-state index in [0.717, 1.165) is 17.5 Å². The fourth-order valence-corrected chi connectivity index (χ4v) is 4.56. The SMILES string of the molecule is CC(C)c1nnc(CSCC[Si](C)(C)C)o1. The molecule has 0 N–H and O–H groups in total. The fraction of sp³-hybridized carbons (Fsp3) is 0.818. The Morgan fingerprint density at radius 2 is 1.94 bits per heavy atom. The molecule has 5 heteroatoms. The largest absolute Gasteiger partial charge is 0.424 e. The van der Waals surface area contributed by atoms with Gasteiger partial charge in [0.05, 0.1) is 5.75 Å². The van der Waals surface area contributed by atoms with E-state index in [0.29, 0.717) is 5.92 Å². The molecule has 0 fully saturated rings. The van der Waals surface area contributed by atoms with Crippen molar-refractivity contribution in [3.63, 3.8) is 0 Å². The Bertz CT molecular complexity index is 320. The summed E-state index contributed by atoms with van der Waals surface area (Å²) in [5, 5.41) is 8.07. The molecule has 0 spiro atoms. The van der Waals surface area contributed by atoms with Crippen LogP contribution in [0.3, 0.4) is 0 Å². The summed E-state index contributed by atoms with van der Waals surface area (Å²) in [6.07, 6.45) is 0. The van der Waals surface area contributed by atoms with E-state index in [4.69, 9.17) is 4.42 Å². The molecule has 16 heavy (non-hydrogen) atoms. The average Bonchev–Trinajstić information content (AvgIpc) is 2.59. The summed E-state index contributed by atoms with van der Waals surface area (Å²) in [5.41, 5.74) is 0. The minimum absolute atomic E-state index is 0.327. The number of hydrogen-bond donors (Lipinski definition) is 0. The Balaban J connectivity index is 2.27. The summed E-state index contributed by atoms with van der Waals surface area (Å²) < 4.78 is 5.55. The van der Waals surface area contributed by atoms with E-state index in [-0.39, 0.29) is 0 Å². The molecule has 0 bridgehead atoms. The van der Waals surface area contributed by atoms with Crippen molar-refractivity contribution in [2.24, 2.45) is 0 Å². The third kappa shape index (κ3) is 5.16. The maximum Gasteiger partial charge on any atom is 0.226 e. The van der Waals surface area contributed by atoms with Crippen LogP contribution in [0.2, 0.25) is 25.7 Å². The minimum Gasteiger partial charge on any atom is -0.424 e. The first-order valence-corrected chi connectivity index (χ1v) is 10.6. The van der Waals surface area contributed by atoms with Crippen molar-refractivity contribution in [1.82, 2.24) is 10.2 Å². The number of thioether (sulfide) groups is 1. The Labute approximate surface area is 103 Å². The lowest BCUT2D eigenvalue weighted by atomic mass is 10.2. The summed E-state index contributed by atoms with van der Waals surface area (Å²) in [5.74, 6) is 3.90. The molecule has 0 atom stereocenters. The van der Waals surface area contributed by atoms with E-state index < -0.39 is 8.07 Å². The fourth-order valence-electron chi connectivity index (χ4n) is 1.10. The van der Waals surface area contributed by atoms with E-state index in [1.807, 2.05) is 11.8 Å². The highest BCUT2D eigenvalue weighted by Crippen LogP contribution is 2.19. The molecule has 1 aromatic rings. The van der Waals surface area contributed by atoms with E-state index in [9.17, 15) is 0 Å². The van der Waals surface area contributed by atoms with Gasteiger partial charge in [0, 0.05) is 14.0 Å². The van der Waals surface area contributed by atoms with Crippen molar-refractivity contribution in [3.8, 4) is 0 Å². The van der Waals surface area contributed by atoms with Crippen LogP contribution in [0.4, 0.5) is 0 Å². The van der Waals surface area contributed by atoms with Crippen LogP contribution in [-0.4, -0.2) is 24.0 Å². The van der Waals surface area contributed by atoms with E-state index in [1.54, 1.807) is 0 Å². The first-order chi connectivity index (χ1) is 7.38. The Kier molecular flexibility index (Phi) is 5.05. The standard InChI is InChI=1S/C11H22N2OSSi/c1-9(2)11-13-12-10(14-11)8-15-6-7-16(3,4)5/h9H,6-8H2,1-5H3. The van der Waals surface area contributed by atoms with Crippen molar-refractivity contribution in [1.29, 1.82) is 0 Å². The molecule has 0 aliphatic rings. The number of aromatic nitrogens is 2. The van der Waals surface area contributed by atoms with Crippen LogP contribution >= 0.6 is 11.8 Å². The van der Waals surface area contributed by atoms with Crippen LogP contribution in [-0.2, 0) is 5.75 Å². The predicted molar refractivity (Wildman–Crippen MR) is 72.7 cm³/mol. The van der Waals surface area contributed by atoms with Gasteiger partial charge in [0.25, 0.3) is 0 Å². The smallest absolute Gasteiger partial charge is 0.226 e. The van der Waals surface area contributed by atoms with Gasteiger partial charge in [-0.05, 0) is 11.8 Å². The maximum absolute atomic E-state index is 5.55. The van der Waals surface area contributed by atoms with Crippen molar-refractivity contribution in [2.45, 2.75) is 51.2 Å². The first-order valence-electron chi connectivity index (χ1n) is 5.78. The van der Waals surface area contributed by atoms with E-state index in [2.05, 4.69) is 43.7 Å². The molecule has 0 amide bonds. The van der Waals surface area contributed by atoms with Crippen LogP contribution in [0.25, 0.3) is 0 Å². The highest BCUT2D eigenvalue weighted by Gasteiger charge is 2.13. The van der Waals surface area contributed by atoms with Crippen LogP contribution in [0.5, 0.6) is 0 Å². The Hall–Kier alpha value is -0.293. The lowest BCUT2D eigenvalue weighted by molar-refractivity contribution is 0.445. The topological polar surface area (TPSA) is 38.9 Å². The third-order valence-corrected chi connectivity index (χ3v) is 5.25. The Morgan fingerprint density at radius 3 is 2.44 bits per heavy atom. The van der Waals surface area contributed by atoms with Gasteiger partial charge < -0.3 is 4.42 Å². The zero-order valence-corrected chi connectivity index (χ0v) is 12.7. The average molecular weight is 258 g/mol. The molecular formula is C11H22N2OSSi. The lowest BCUT2D eigenvalue weighted by Crippen LogP contribution is -2.19. The molecule has 0 aliphatic heterocycles. The quantitative estimate of drug-likeness (QED) is 0.575. The highest BCUT2D eigenvalue weighted by atomic mass is 32.2. The molecule has 1 heterocycles.